The molecule has 1 aromatic rings. The van der Waals surface area contributed by atoms with Gasteiger partial charge in [0.1, 0.15) is 10.6 Å². The van der Waals surface area contributed by atoms with Crippen LogP contribution in [0.4, 0.5) is 9.80 Å². The van der Waals surface area contributed by atoms with Gasteiger partial charge in [0.2, 0.25) is 0 Å². The van der Waals surface area contributed by atoms with E-state index in [1.807, 2.05) is 25.7 Å². The summed E-state index contributed by atoms with van der Waals surface area (Å²) < 4.78 is 5.33. The van der Waals surface area contributed by atoms with E-state index in [-0.39, 0.29) is 11.8 Å². The first-order chi connectivity index (χ1) is 9.78. The Balaban J connectivity index is 1.96. The molecule has 1 aliphatic rings. The van der Waals surface area contributed by atoms with Gasteiger partial charge >= 0.3 is 12.1 Å². The minimum absolute atomic E-state index is 0.0747. The molecule has 0 bridgehead atoms. The summed E-state index contributed by atoms with van der Waals surface area (Å²) in [7, 11) is 0. The van der Waals surface area contributed by atoms with Gasteiger partial charge in [-0.3, -0.25) is 0 Å². The van der Waals surface area contributed by atoms with Crippen LogP contribution in [-0.4, -0.2) is 58.8 Å². The van der Waals surface area contributed by atoms with Crippen LogP contribution >= 0.6 is 11.3 Å². The number of carboxylic acid groups (broad SMARTS) is 1. The molecule has 1 aromatic heterocycles. The van der Waals surface area contributed by atoms with Crippen molar-refractivity contribution in [2.45, 2.75) is 26.4 Å². The maximum atomic E-state index is 12.0. The minimum Gasteiger partial charge on any atom is -0.476 e. The third kappa shape index (κ3) is 3.84. The van der Waals surface area contributed by atoms with E-state index in [1.54, 1.807) is 4.90 Å². The van der Waals surface area contributed by atoms with E-state index < -0.39 is 11.6 Å². The van der Waals surface area contributed by atoms with Crippen LogP contribution < -0.4 is 4.90 Å². The molecule has 116 valence electrons. The topological polar surface area (TPSA) is 83.0 Å². The Bertz CT molecular complexity index is 530. The SMILES string of the molecule is CC(C)(C)OC(=O)N1CCN(c2scnc2C(=O)O)CC1. The van der Waals surface area contributed by atoms with Crippen LogP contribution in [0.5, 0.6) is 0 Å². The predicted octanol–water partition coefficient (Wildman–Crippen LogP) is 1.90. The van der Waals surface area contributed by atoms with Crippen LogP contribution in [0.3, 0.4) is 0 Å². The van der Waals surface area contributed by atoms with Crippen molar-refractivity contribution >= 4 is 28.4 Å². The highest BCUT2D eigenvalue weighted by atomic mass is 32.1. The molecule has 0 unspecified atom stereocenters. The Morgan fingerprint density at radius 2 is 1.90 bits per heavy atom. The Morgan fingerprint density at radius 1 is 1.29 bits per heavy atom. The summed E-state index contributed by atoms with van der Waals surface area (Å²) in [5.74, 6) is -1.03. The molecule has 21 heavy (non-hydrogen) atoms. The van der Waals surface area contributed by atoms with Gasteiger partial charge in [0.05, 0.1) is 5.51 Å². The molecule has 1 fully saturated rings. The van der Waals surface area contributed by atoms with E-state index in [2.05, 4.69) is 4.98 Å². The normalized spacial score (nSPS) is 16.0. The lowest BCUT2D eigenvalue weighted by Crippen LogP contribution is -2.50. The number of thiazole rings is 1. The number of carbonyl (C=O) groups excluding carboxylic acids is 1. The summed E-state index contributed by atoms with van der Waals surface area (Å²) in [6.45, 7) is 7.65. The number of carboxylic acids is 1. The monoisotopic (exact) mass is 313 g/mol. The largest absolute Gasteiger partial charge is 0.476 e. The van der Waals surface area contributed by atoms with E-state index in [0.29, 0.717) is 31.2 Å². The van der Waals surface area contributed by atoms with Crippen LogP contribution in [0.15, 0.2) is 5.51 Å². The number of rotatable bonds is 2. The van der Waals surface area contributed by atoms with Crippen molar-refractivity contribution in [3.63, 3.8) is 0 Å². The Kier molecular flexibility index (Phi) is 4.36. The second-order valence-corrected chi connectivity index (χ2v) is 6.60. The highest BCUT2D eigenvalue weighted by Gasteiger charge is 2.28. The summed E-state index contributed by atoms with van der Waals surface area (Å²) >= 11 is 1.30. The number of nitrogens with zero attached hydrogens (tertiary/aromatic N) is 3. The third-order valence-corrected chi connectivity index (χ3v) is 3.86. The van der Waals surface area contributed by atoms with Crippen LogP contribution in [0.2, 0.25) is 0 Å². The Labute approximate surface area is 127 Å². The predicted molar refractivity (Wildman–Crippen MR) is 79.1 cm³/mol. The zero-order chi connectivity index (χ0) is 15.6. The van der Waals surface area contributed by atoms with Crippen molar-refractivity contribution in [2.75, 3.05) is 31.1 Å². The van der Waals surface area contributed by atoms with Gasteiger partial charge in [0.15, 0.2) is 5.69 Å². The molecule has 1 aliphatic heterocycles. The standard InChI is InChI=1S/C13H19N3O4S/c1-13(2,3)20-12(19)16-6-4-15(5-7-16)10-9(11(17)18)14-8-21-10/h8H,4-7H2,1-3H3,(H,17,18). The highest BCUT2D eigenvalue weighted by molar-refractivity contribution is 7.14. The molecule has 0 saturated carbocycles. The van der Waals surface area contributed by atoms with Crippen molar-refractivity contribution in [1.29, 1.82) is 0 Å². The highest BCUT2D eigenvalue weighted by Crippen LogP contribution is 2.26. The number of ether oxygens (including phenoxy) is 1. The summed E-state index contributed by atoms with van der Waals surface area (Å²) in [6, 6.07) is 0. The molecular weight excluding hydrogens is 294 g/mol. The summed E-state index contributed by atoms with van der Waals surface area (Å²) in [4.78, 5) is 30.5. The van der Waals surface area contributed by atoms with E-state index in [0.717, 1.165) is 0 Å². The first-order valence-corrected chi connectivity index (χ1v) is 7.55. The molecule has 1 amide bonds. The van der Waals surface area contributed by atoms with E-state index in [9.17, 15) is 9.59 Å². The van der Waals surface area contributed by atoms with Crippen molar-refractivity contribution in [1.82, 2.24) is 9.88 Å². The number of anilines is 1. The van der Waals surface area contributed by atoms with Crippen LogP contribution in [0.1, 0.15) is 31.3 Å². The van der Waals surface area contributed by atoms with Crippen molar-refractivity contribution in [2.24, 2.45) is 0 Å². The molecule has 1 N–H and O–H groups in total. The van der Waals surface area contributed by atoms with E-state index in [4.69, 9.17) is 9.84 Å². The van der Waals surface area contributed by atoms with E-state index >= 15 is 0 Å². The van der Waals surface area contributed by atoms with Gasteiger partial charge in [0.25, 0.3) is 0 Å². The molecule has 0 spiro atoms. The zero-order valence-electron chi connectivity index (χ0n) is 12.3. The number of aromatic nitrogens is 1. The van der Waals surface area contributed by atoms with Gasteiger partial charge in [-0.25, -0.2) is 14.6 Å². The number of hydrogen-bond donors (Lipinski definition) is 1. The lowest BCUT2D eigenvalue weighted by Gasteiger charge is -2.36. The number of aromatic carboxylic acids is 1. The fraction of sp³-hybridized carbons (Fsp3) is 0.615. The molecule has 7 nitrogen and oxygen atoms in total. The quantitative estimate of drug-likeness (QED) is 0.898. The average Bonchev–Trinajstić information content (AvgIpc) is 2.86. The molecule has 0 aromatic carbocycles. The van der Waals surface area contributed by atoms with Gasteiger partial charge in [-0.15, -0.1) is 11.3 Å². The lowest BCUT2D eigenvalue weighted by atomic mass is 10.2. The van der Waals surface area contributed by atoms with E-state index in [1.165, 1.54) is 16.8 Å². The fourth-order valence-corrected chi connectivity index (χ4v) is 2.87. The van der Waals surface area contributed by atoms with Crippen LogP contribution in [-0.2, 0) is 4.74 Å². The molecule has 0 aliphatic carbocycles. The molecule has 0 radical (unpaired) electrons. The first-order valence-electron chi connectivity index (χ1n) is 6.67. The Morgan fingerprint density at radius 3 is 2.43 bits per heavy atom. The summed E-state index contributed by atoms with van der Waals surface area (Å²) in [5.41, 5.74) is 1.09. The number of hydrogen-bond acceptors (Lipinski definition) is 6. The van der Waals surface area contributed by atoms with Gasteiger partial charge in [-0.1, -0.05) is 0 Å². The molecular formula is C13H19N3O4S. The second-order valence-electron chi connectivity index (χ2n) is 5.77. The molecule has 8 heteroatoms. The maximum Gasteiger partial charge on any atom is 0.410 e. The van der Waals surface area contributed by atoms with Crippen LogP contribution in [0.25, 0.3) is 0 Å². The summed E-state index contributed by atoms with van der Waals surface area (Å²) in [6.07, 6.45) is -0.329. The summed E-state index contributed by atoms with van der Waals surface area (Å²) in [5, 5.41) is 9.73. The second kappa shape index (κ2) is 5.88. The maximum absolute atomic E-state index is 12.0. The Hall–Kier alpha value is -1.83. The fourth-order valence-electron chi connectivity index (χ4n) is 2.03. The van der Waals surface area contributed by atoms with Crippen molar-refractivity contribution in [3.8, 4) is 0 Å². The van der Waals surface area contributed by atoms with Gasteiger partial charge < -0.3 is 19.6 Å². The average molecular weight is 313 g/mol. The zero-order valence-corrected chi connectivity index (χ0v) is 13.1. The minimum atomic E-state index is -1.03. The van der Waals surface area contributed by atoms with Crippen LogP contribution in [0, 0.1) is 0 Å². The van der Waals surface area contributed by atoms with Gasteiger partial charge in [0, 0.05) is 26.2 Å². The molecule has 2 heterocycles. The number of amides is 1. The smallest absolute Gasteiger partial charge is 0.410 e. The molecule has 1 saturated heterocycles. The van der Waals surface area contributed by atoms with Gasteiger partial charge in [-0.2, -0.15) is 0 Å². The number of piperazine rings is 1. The first kappa shape index (κ1) is 15.6. The number of carbonyl (C=O) groups is 2. The van der Waals surface area contributed by atoms with Crippen molar-refractivity contribution in [3.05, 3.63) is 11.2 Å². The van der Waals surface area contributed by atoms with Crippen molar-refractivity contribution < 1.29 is 19.4 Å². The molecule has 0 atom stereocenters. The third-order valence-electron chi connectivity index (χ3n) is 2.97. The molecule has 2 rings (SSSR count). The lowest BCUT2D eigenvalue weighted by molar-refractivity contribution is 0.0240. The van der Waals surface area contributed by atoms with Gasteiger partial charge in [-0.05, 0) is 20.8 Å².